The molecule has 0 aliphatic carbocycles. The molecule has 226 valence electrons. The van der Waals surface area contributed by atoms with Gasteiger partial charge in [-0.05, 0) is 72.8 Å². The molecule has 0 saturated heterocycles. The molecule has 0 aromatic carbocycles. The average Bonchev–Trinajstić information content (AvgIpc) is 3.98. The summed E-state index contributed by atoms with van der Waals surface area (Å²) in [6.07, 6.45) is 22.9. The van der Waals surface area contributed by atoms with E-state index in [4.69, 9.17) is 9.97 Å². The van der Waals surface area contributed by atoms with Crippen LogP contribution in [0, 0.1) is 0 Å². The molecule has 0 saturated carbocycles. The van der Waals surface area contributed by atoms with E-state index >= 15 is 0 Å². The molecule has 0 atom stereocenters. The average molecular weight is 619 g/mol. The van der Waals surface area contributed by atoms with E-state index in [0.717, 1.165) is 89.4 Å². The summed E-state index contributed by atoms with van der Waals surface area (Å²) in [5.41, 5.74) is 14.5. The van der Waals surface area contributed by atoms with Crippen LogP contribution in [0.5, 0.6) is 0 Å². The van der Waals surface area contributed by atoms with Gasteiger partial charge in [0.15, 0.2) is 0 Å². The maximum absolute atomic E-state index is 5.27. The second kappa shape index (κ2) is 11.5. The fraction of sp³-hybridized carbons (Fsp3) is 0. The van der Waals surface area contributed by atoms with Crippen molar-refractivity contribution in [3.63, 3.8) is 0 Å². The summed E-state index contributed by atoms with van der Waals surface area (Å²) >= 11 is 0. The van der Waals surface area contributed by atoms with Crippen LogP contribution in [-0.4, -0.2) is 39.9 Å². The Morgan fingerprint density at radius 2 is 0.604 bits per heavy atom. The first-order valence-electron chi connectivity index (χ1n) is 15.6. The van der Waals surface area contributed by atoms with Crippen LogP contribution in [0.3, 0.4) is 0 Å². The highest BCUT2D eigenvalue weighted by Gasteiger charge is 2.19. The van der Waals surface area contributed by atoms with Crippen molar-refractivity contribution in [2.24, 2.45) is 0 Å². The fourth-order valence-electron chi connectivity index (χ4n) is 6.46. The topological polar surface area (TPSA) is 109 Å². The maximum atomic E-state index is 5.27. The van der Waals surface area contributed by atoms with Gasteiger partial charge in [-0.2, -0.15) is 0 Å². The van der Waals surface area contributed by atoms with Crippen molar-refractivity contribution in [1.29, 1.82) is 0 Å². The van der Waals surface area contributed by atoms with E-state index in [-0.39, 0.29) is 0 Å². The number of hydrogen-bond donors (Lipinski definition) is 2. The van der Waals surface area contributed by atoms with Gasteiger partial charge >= 0.3 is 0 Å². The standard InChI is InChI=1S/C40H26N8/c1-5-25(21-41-17-1)37-29-9-11-31(45-29)38(26-6-2-18-42-22-26)33-13-15-35(47-33)40(28-8-4-20-44-24-28)36-16-14-34(48-36)39(27-7-3-19-43-23-27)32-12-10-30(37)46-32/h1-24,45,48H. The van der Waals surface area contributed by atoms with Crippen LogP contribution in [0.15, 0.2) is 122 Å². The Morgan fingerprint density at radius 3 is 0.833 bits per heavy atom. The van der Waals surface area contributed by atoms with Crippen molar-refractivity contribution >= 4 is 46.4 Å². The number of nitrogens with one attached hydrogen (secondary N) is 2. The van der Waals surface area contributed by atoms with Gasteiger partial charge in [-0.15, -0.1) is 0 Å². The van der Waals surface area contributed by atoms with Gasteiger partial charge in [0.2, 0.25) is 0 Å². The summed E-state index contributed by atoms with van der Waals surface area (Å²) in [7, 11) is 0. The molecule has 0 spiro atoms. The van der Waals surface area contributed by atoms with Gasteiger partial charge in [0, 0.05) is 116 Å². The third-order valence-electron chi connectivity index (χ3n) is 8.55. The van der Waals surface area contributed by atoms with Crippen molar-refractivity contribution in [2.75, 3.05) is 0 Å². The summed E-state index contributed by atoms with van der Waals surface area (Å²) in [5.74, 6) is 0. The fourth-order valence-corrected chi connectivity index (χ4v) is 6.46. The predicted octanol–water partition coefficient (Wildman–Crippen LogP) is 8.90. The number of hydrogen-bond acceptors (Lipinski definition) is 6. The molecule has 8 nitrogen and oxygen atoms in total. The molecule has 2 aliphatic heterocycles. The van der Waals surface area contributed by atoms with Crippen molar-refractivity contribution in [1.82, 2.24) is 39.9 Å². The zero-order valence-corrected chi connectivity index (χ0v) is 25.5. The lowest BCUT2D eigenvalue weighted by molar-refractivity contribution is 1.28. The van der Waals surface area contributed by atoms with E-state index in [1.165, 1.54) is 0 Å². The number of fused-ring (bicyclic) bond motifs is 8. The van der Waals surface area contributed by atoms with Crippen LogP contribution in [0.1, 0.15) is 22.8 Å². The molecule has 9 rings (SSSR count). The minimum absolute atomic E-state index is 0.825. The molecule has 8 heteroatoms. The van der Waals surface area contributed by atoms with Crippen molar-refractivity contribution in [3.8, 4) is 44.5 Å². The minimum Gasteiger partial charge on any atom is -0.354 e. The molecule has 7 aromatic heterocycles. The highest BCUT2D eigenvalue weighted by molar-refractivity contribution is 5.99. The zero-order valence-electron chi connectivity index (χ0n) is 25.5. The normalized spacial score (nSPS) is 12.0. The highest BCUT2D eigenvalue weighted by atomic mass is 14.8. The molecule has 2 aliphatic rings. The Morgan fingerprint density at radius 1 is 0.333 bits per heavy atom. The Hall–Kier alpha value is -6.80. The van der Waals surface area contributed by atoms with E-state index in [1.807, 2.05) is 49.1 Å². The first-order chi connectivity index (χ1) is 23.8. The molecule has 0 unspecified atom stereocenters. The third kappa shape index (κ3) is 4.80. The van der Waals surface area contributed by atoms with Gasteiger partial charge in [0.05, 0.1) is 22.8 Å². The second-order valence-electron chi connectivity index (χ2n) is 11.5. The van der Waals surface area contributed by atoms with Gasteiger partial charge in [0.25, 0.3) is 0 Å². The van der Waals surface area contributed by atoms with Gasteiger partial charge in [-0.1, -0.05) is 24.3 Å². The van der Waals surface area contributed by atoms with Crippen LogP contribution < -0.4 is 0 Å². The molecule has 0 radical (unpaired) electrons. The summed E-state index contributed by atoms with van der Waals surface area (Å²) in [6.45, 7) is 0. The second-order valence-corrected chi connectivity index (χ2v) is 11.5. The smallest absolute Gasteiger partial charge is 0.0737 e. The van der Waals surface area contributed by atoms with Crippen molar-refractivity contribution in [2.45, 2.75) is 0 Å². The molecule has 7 aromatic rings. The Kier molecular flexibility index (Phi) is 6.61. The summed E-state index contributed by atoms with van der Waals surface area (Å²) in [6, 6.07) is 24.4. The summed E-state index contributed by atoms with van der Waals surface area (Å²) in [4.78, 5) is 35.8. The lowest BCUT2D eigenvalue weighted by atomic mass is 10.1. The largest absolute Gasteiger partial charge is 0.354 e. The SMILES string of the molecule is C1=Cc2nc1c(-c1cccnc1)c1ccc([nH]1)c(-c1cccnc1)c1nc(c(-c3cccnc3)c3ccc([nH]3)c2-c2cccnc2)C=C1. The van der Waals surface area contributed by atoms with Crippen molar-refractivity contribution < 1.29 is 0 Å². The zero-order chi connectivity index (χ0) is 31.9. The molecule has 9 heterocycles. The molecule has 48 heavy (non-hydrogen) atoms. The third-order valence-corrected chi connectivity index (χ3v) is 8.55. The molecular formula is C40H26N8. The van der Waals surface area contributed by atoms with Crippen LogP contribution >= 0.6 is 0 Å². The van der Waals surface area contributed by atoms with E-state index in [2.05, 4.69) is 103 Å². The van der Waals surface area contributed by atoms with E-state index in [0.29, 0.717) is 0 Å². The lowest BCUT2D eigenvalue weighted by Crippen LogP contribution is -1.90. The molecule has 2 N–H and O–H groups in total. The molecule has 0 amide bonds. The molecular weight excluding hydrogens is 592 g/mol. The molecule has 0 fully saturated rings. The Bertz CT molecular complexity index is 2190. The van der Waals surface area contributed by atoms with Crippen LogP contribution in [0.4, 0.5) is 0 Å². The van der Waals surface area contributed by atoms with E-state index < -0.39 is 0 Å². The number of aromatic nitrogens is 8. The first-order valence-corrected chi connectivity index (χ1v) is 15.6. The number of nitrogens with zero attached hydrogens (tertiary/aromatic N) is 6. The number of aromatic amines is 2. The van der Waals surface area contributed by atoms with Crippen LogP contribution in [-0.2, 0) is 0 Å². The maximum Gasteiger partial charge on any atom is 0.0737 e. The Labute approximate surface area is 275 Å². The highest BCUT2D eigenvalue weighted by Crippen LogP contribution is 2.37. The van der Waals surface area contributed by atoms with Gasteiger partial charge in [-0.3, -0.25) is 19.9 Å². The van der Waals surface area contributed by atoms with Gasteiger partial charge < -0.3 is 9.97 Å². The summed E-state index contributed by atoms with van der Waals surface area (Å²) in [5, 5.41) is 0. The first kappa shape index (κ1) is 27.5. The number of pyridine rings is 4. The van der Waals surface area contributed by atoms with Gasteiger partial charge in [0.1, 0.15) is 0 Å². The monoisotopic (exact) mass is 618 g/mol. The van der Waals surface area contributed by atoms with Gasteiger partial charge in [-0.25, -0.2) is 9.97 Å². The number of H-pyrrole nitrogens is 2. The van der Waals surface area contributed by atoms with E-state index in [1.54, 1.807) is 24.8 Å². The lowest BCUT2D eigenvalue weighted by Gasteiger charge is -2.06. The minimum atomic E-state index is 0.825. The summed E-state index contributed by atoms with van der Waals surface area (Å²) < 4.78 is 0. The van der Waals surface area contributed by atoms with E-state index in [9.17, 15) is 0 Å². The van der Waals surface area contributed by atoms with Crippen molar-refractivity contribution in [3.05, 3.63) is 145 Å². The van der Waals surface area contributed by atoms with Crippen LogP contribution in [0.2, 0.25) is 0 Å². The number of rotatable bonds is 4. The predicted molar refractivity (Wildman–Crippen MR) is 192 cm³/mol. The Balaban J connectivity index is 1.49. The quantitative estimate of drug-likeness (QED) is 0.204. The van der Waals surface area contributed by atoms with Crippen LogP contribution in [0.25, 0.3) is 90.9 Å². The molecule has 8 bridgehead atoms.